The minimum atomic E-state index is -0.226. The van der Waals surface area contributed by atoms with E-state index in [2.05, 4.69) is 26.1 Å². The molecule has 0 saturated heterocycles. The van der Waals surface area contributed by atoms with Crippen LogP contribution < -0.4 is 0 Å². The third kappa shape index (κ3) is 4.03. The fourth-order valence-electron chi connectivity index (χ4n) is 2.27. The second-order valence-corrected chi connectivity index (χ2v) is 6.20. The van der Waals surface area contributed by atoms with Crippen LogP contribution in [0, 0.1) is 5.82 Å². The van der Waals surface area contributed by atoms with Crippen LogP contribution in [0.1, 0.15) is 11.5 Å². The Labute approximate surface area is 142 Å². The number of hydrogen-bond donors (Lipinski definition) is 0. The van der Waals surface area contributed by atoms with Crippen LogP contribution in [0.5, 0.6) is 0 Å². The summed E-state index contributed by atoms with van der Waals surface area (Å²) in [5.41, 5.74) is 1.52. The lowest BCUT2D eigenvalue weighted by molar-refractivity contribution is 0.258. The van der Waals surface area contributed by atoms with E-state index in [0.29, 0.717) is 30.4 Å². The maximum absolute atomic E-state index is 13.8. The first-order valence-corrected chi connectivity index (χ1v) is 7.91. The van der Waals surface area contributed by atoms with Gasteiger partial charge in [-0.1, -0.05) is 51.4 Å². The normalized spacial score (nSPS) is 11.1. The molecule has 0 fully saturated rings. The highest BCUT2D eigenvalue weighted by atomic mass is 79.9. The Balaban J connectivity index is 1.68. The van der Waals surface area contributed by atoms with Crippen molar-refractivity contribution in [2.45, 2.75) is 13.1 Å². The molecule has 0 radical (unpaired) electrons. The van der Waals surface area contributed by atoms with Crippen molar-refractivity contribution < 1.29 is 8.91 Å². The molecule has 1 aromatic heterocycles. The third-order valence-electron chi connectivity index (χ3n) is 3.35. The zero-order valence-electron chi connectivity index (χ0n) is 12.5. The fraction of sp³-hybridized carbons (Fsp3) is 0.176. The Morgan fingerprint density at radius 1 is 1.13 bits per heavy atom. The fourth-order valence-corrected chi connectivity index (χ4v) is 2.67. The minimum Gasteiger partial charge on any atom is -0.338 e. The molecule has 0 spiro atoms. The number of rotatable bonds is 5. The Hall–Kier alpha value is -2.05. The van der Waals surface area contributed by atoms with E-state index in [9.17, 15) is 4.39 Å². The summed E-state index contributed by atoms with van der Waals surface area (Å²) in [5, 5.41) is 3.98. The number of aromatic nitrogens is 2. The highest BCUT2D eigenvalue weighted by Gasteiger charge is 2.12. The van der Waals surface area contributed by atoms with Gasteiger partial charge in [-0.3, -0.25) is 4.90 Å². The van der Waals surface area contributed by atoms with Crippen molar-refractivity contribution in [1.29, 1.82) is 0 Å². The summed E-state index contributed by atoms with van der Waals surface area (Å²) < 4.78 is 19.9. The molecular formula is C17H15BrFN3O. The second kappa shape index (κ2) is 7.02. The molecular weight excluding hydrogens is 361 g/mol. The predicted molar refractivity (Wildman–Crippen MR) is 89.0 cm³/mol. The number of nitrogens with zero attached hydrogens (tertiary/aromatic N) is 3. The van der Waals surface area contributed by atoms with Crippen molar-refractivity contribution in [1.82, 2.24) is 15.0 Å². The molecule has 0 amide bonds. The lowest BCUT2D eigenvalue weighted by atomic mass is 10.2. The molecule has 23 heavy (non-hydrogen) atoms. The molecule has 1 heterocycles. The van der Waals surface area contributed by atoms with Gasteiger partial charge in [0.1, 0.15) is 5.82 Å². The van der Waals surface area contributed by atoms with Gasteiger partial charge in [-0.25, -0.2) is 4.39 Å². The van der Waals surface area contributed by atoms with Gasteiger partial charge in [-0.05, 0) is 25.2 Å². The van der Waals surface area contributed by atoms with E-state index in [0.717, 1.165) is 10.0 Å². The van der Waals surface area contributed by atoms with Gasteiger partial charge in [0.05, 0.1) is 6.54 Å². The van der Waals surface area contributed by atoms with Crippen molar-refractivity contribution in [2.75, 3.05) is 7.05 Å². The average Bonchev–Trinajstić information content (AvgIpc) is 3.00. The first-order chi connectivity index (χ1) is 11.1. The molecule has 118 valence electrons. The summed E-state index contributed by atoms with van der Waals surface area (Å²) in [7, 11) is 1.88. The molecule has 0 N–H and O–H groups in total. The summed E-state index contributed by atoms with van der Waals surface area (Å²) in [6, 6.07) is 14.5. The molecule has 0 unspecified atom stereocenters. The van der Waals surface area contributed by atoms with Crippen LogP contribution in [0.15, 0.2) is 57.5 Å². The first-order valence-electron chi connectivity index (χ1n) is 7.12. The summed E-state index contributed by atoms with van der Waals surface area (Å²) >= 11 is 3.36. The Bertz CT molecular complexity index is 792. The molecule has 0 bridgehead atoms. The van der Waals surface area contributed by atoms with Crippen molar-refractivity contribution >= 4 is 15.9 Å². The Morgan fingerprint density at radius 3 is 2.70 bits per heavy atom. The van der Waals surface area contributed by atoms with E-state index >= 15 is 0 Å². The molecule has 0 saturated carbocycles. The lowest BCUT2D eigenvalue weighted by Gasteiger charge is -2.14. The van der Waals surface area contributed by atoms with Crippen molar-refractivity contribution in [3.63, 3.8) is 0 Å². The largest absolute Gasteiger partial charge is 0.338 e. The van der Waals surface area contributed by atoms with Gasteiger partial charge in [-0.2, -0.15) is 4.98 Å². The lowest BCUT2D eigenvalue weighted by Crippen LogP contribution is -2.18. The summed E-state index contributed by atoms with van der Waals surface area (Å²) in [6.07, 6.45) is 0. The van der Waals surface area contributed by atoms with E-state index in [1.807, 2.05) is 42.3 Å². The van der Waals surface area contributed by atoms with Gasteiger partial charge in [0.15, 0.2) is 0 Å². The van der Waals surface area contributed by atoms with Crippen molar-refractivity contribution in [3.8, 4) is 11.4 Å². The van der Waals surface area contributed by atoms with Crippen LogP contribution in [-0.4, -0.2) is 22.1 Å². The van der Waals surface area contributed by atoms with Crippen LogP contribution in [-0.2, 0) is 13.1 Å². The molecule has 0 atom stereocenters. The second-order valence-electron chi connectivity index (χ2n) is 5.29. The first kappa shape index (κ1) is 15.8. The molecule has 2 aromatic carbocycles. The minimum absolute atomic E-state index is 0.226. The maximum Gasteiger partial charge on any atom is 0.241 e. The highest BCUT2D eigenvalue weighted by Crippen LogP contribution is 2.19. The smallest absolute Gasteiger partial charge is 0.241 e. The molecule has 0 aliphatic heterocycles. The van der Waals surface area contributed by atoms with Gasteiger partial charge in [-0.15, -0.1) is 0 Å². The van der Waals surface area contributed by atoms with Crippen molar-refractivity contribution in [2.24, 2.45) is 0 Å². The van der Waals surface area contributed by atoms with Gasteiger partial charge in [0.25, 0.3) is 0 Å². The standard InChI is InChI=1S/C17H15BrFN3O/c1-22(10-13-9-14(18)7-8-15(13)19)11-16-20-17(21-23-16)12-5-3-2-4-6-12/h2-9H,10-11H2,1H3. The highest BCUT2D eigenvalue weighted by molar-refractivity contribution is 9.10. The number of halogens is 2. The van der Waals surface area contributed by atoms with E-state index in [1.165, 1.54) is 6.07 Å². The maximum atomic E-state index is 13.8. The van der Waals surface area contributed by atoms with Gasteiger partial charge in [0, 0.05) is 22.1 Å². The van der Waals surface area contributed by atoms with Crippen LogP contribution >= 0.6 is 15.9 Å². The van der Waals surface area contributed by atoms with E-state index in [4.69, 9.17) is 4.52 Å². The Morgan fingerprint density at radius 2 is 1.91 bits per heavy atom. The van der Waals surface area contributed by atoms with Gasteiger partial charge >= 0.3 is 0 Å². The molecule has 3 aromatic rings. The molecule has 6 heteroatoms. The van der Waals surface area contributed by atoms with Gasteiger partial charge in [0.2, 0.25) is 11.7 Å². The van der Waals surface area contributed by atoms with Crippen LogP contribution in [0.4, 0.5) is 4.39 Å². The average molecular weight is 376 g/mol. The van der Waals surface area contributed by atoms with Crippen molar-refractivity contribution in [3.05, 3.63) is 70.3 Å². The van der Waals surface area contributed by atoms with Gasteiger partial charge < -0.3 is 4.52 Å². The molecule has 0 aliphatic carbocycles. The quantitative estimate of drug-likeness (QED) is 0.667. The number of benzene rings is 2. The summed E-state index contributed by atoms with van der Waals surface area (Å²) in [5.74, 6) is 0.833. The third-order valence-corrected chi connectivity index (χ3v) is 3.85. The molecule has 4 nitrogen and oxygen atoms in total. The monoisotopic (exact) mass is 375 g/mol. The predicted octanol–water partition coefficient (Wildman–Crippen LogP) is 4.27. The summed E-state index contributed by atoms with van der Waals surface area (Å²) in [4.78, 5) is 6.30. The van der Waals surface area contributed by atoms with Crippen LogP contribution in [0.3, 0.4) is 0 Å². The molecule has 3 rings (SSSR count). The van der Waals surface area contributed by atoms with E-state index < -0.39 is 0 Å². The van der Waals surface area contributed by atoms with E-state index in [1.54, 1.807) is 12.1 Å². The van der Waals surface area contributed by atoms with Crippen LogP contribution in [0.25, 0.3) is 11.4 Å². The van der Waals surface area contributed by atoms with Crippen LogP contribution in [0.2, 0.25) is 0 Å². The zero-order valence-corrected chi connectivity index (χ0v) is 14.1. The molecule has 0 aliphatic rings. The Kier molecular flexibility index (Phi) is 4.83. The van der Waals surface area contributed by atoms with E-state index in [-0.39, 0.29) is 5.82 Å². The zero-order chi connectivity index (χ0) is 16.2. The summed E-state index contributed by atoms with van der Waals surface area (Å²) in [6.45, 7) is 0.903. The number of hydrogen-bond acceptors (Lipinski definition) is 4. The SMILES string of the molecule is CN(Cc1nc(-c2ccccc2)no1)Cc1cc(Br)ccc1F. The topological polar surface area (TPSA) is 42.2 Å².